The van der Waals surface area contributed by atoms with Crippen LogP contribution in [-0.4, -0.2) is 17.0 Å². The molecule has 1 heterocycles. The Balaban J connectivity index is 0.000000671. The van der Waals surface area contributed by atoms with Gasteiger partial charge in [0.25, 0.3) is 0 Å². The zero-order chi connectivity index (χ0) is 10.3. The van der Waals surface area contributed by atoms with E-state index in [2.05, 4.69) is 4.98 Å². The SMILES string of the molecule is CC.Cc1ccc(CN(C)N)cn1. The minimum atomic E-state index is 0.743. The van der Waals surface area contributed by atoms with E-state index < -0.39 is 0 Å². The highest BCUT2D eigenvalue weighted by Gasteiger charge is 1.94. The molecule has 0 aliphatic carbocycles. The van der Waals surface area contributed by atoms with Gasteiger partial charge in [0, 0.05) is 25.5 Å². The molecule has 0 fully saturated rings. The highest BCUT2D eigenvalue weighted by Crippen LogP contribution is 1.99. The Morgan fingerprint density at radius 1 is 1.38 bits per heavy atom. The second-order valence-corrected chi connectivity index (χ2v) is 2.72. The predicted octanol–water partition coefficient (Wildman–Crippen LogP) is 1.72. The Morgan fingerprint density at radius 2 is 2.00 bits per heavy atom. The number of pyridine rings is 1. The van der Waals surface area contributed by atoms with E-state index in [0.29, 0.717) is 0 Å². The van der Waals surface area contributed by atoms with Crippen molar-refractivity contribution >= 4 is 0 Å². The average Bonchev–Trinajstić information content (AvgIpc) is 2.12. The Bertz CT molecular complexity index is 216. The van der Waals surface area contributed by atoms with E-state index in [1.165, 1.54) is 0 Å². The van der Waals surface area contributed by atoms with Gasteiger partial charge in [-0.15, -0.1) is 0 Å². The normalized spacial score (nSPS) is 9.38. The highest BCUT2D eigenvalue weighted by atomic mass is 15.4. The third kappa shape index (κ3) is 5.33. The third-order valence-corrected chi connectivity index (χ3v) is 1.40. The number of nitrogens with two attached hydrogens (primary N) is 1. The molecule has 0 unspecified atom stereocenters. The molecule has 74 valence electrons. The lowest BCUT2D eigenvalue weighted by atomic mass is 10.2. The second kappa shape index (κ2) is 6.57. The maximum Gasteiger partial charge on any atom is 0.0391 e. The Hall–Kier alpha value is -0.930. The summed E-state index contributed by atoms with van der Waals surface area (Å²) in [5.41, 5.74) is 2.18. The summed E-state index contributed by atoms with van der Waals surface area (Å²) in [4.78, 5) is 4.15. The van der Waals surface area contributed by atoms with Crippen LogP contribution in [0.15, 0.2) is 18.3 Å². The minimum Gasteiger partial charge on any atom is -0.269 e. The Labute approximate surface area is 80.6 Å². The van der Waals surface area contributed by atoms with Crippen molar-refractivity contribution in [1.29, 1.82) is 0 Å². The van der Waals surface area contributed by atoms with Crippen LogP contribution in [0, 0.1) is 6.92 Å². The van der Waals surface area contributed by atoms with Crippen molar-refractivity contribution in [3.63, 3.8) is 0 Å². The van der Waals surface area contributed by atoms with Crippen LogP contribution in [0.5, 0.6) is 0 Å². The van der Waals surface area contributed by atoms with Crippen LogP contribution in [0.4, 0.5) is 0 Å². The first-order chi connectivity index (χ1) is 6.18. The fraction of sp³-hybridized carbons (Fsp3) is 0.500. The van der Waals surface area contributed by atoms with Gasteiger partial charge in [0.1, 0.15) is 0 Å². The molecule has 13 heavy (non-hydrogen) atoms. The number of hydrogen-bond donors (Lipinski definition) is 1. The molecule has 0 bridgehead atoms. The van der Waals surface area contributed by atoms with E-state index in [0.717, 1.165) is 17.8 Å². The van der Waals surface area contributed by atoms with Crippen LogP contribution >= 0.6 is 0 Å². The van der Waals surface area contributed by atoms with Gasteiger partial charge in [-0.05, 0) is 18.6 Å². The molecule has 0 atom stereocenters. The lowest BCUT2D eigenvalue weighted by molar-refractivity contribution is 0.341. The molecule has 3 nitrogen and oxygen atoms in total. The number of aryl methyl sites for hydroxylation is 1. The lowest BCUT2D eigenvalue weighted by Crippen LogP contribution is -2.25. The molecule has 0 amide bonds. The molecule has 0 saturated heterocycles. The molecule has 0 spiro atoms. The standard InChI is InChI=1S/C8H13N3.C2H6/c1-7-3-4-8(5-10-7)6-11(2)9;1-2/h3-5H,6,9H2,1-2H3;1-2H3. The molecule has 3 heteroatoms. The topological polar surface area (TPSA) is 42.1 Å². The van der Waals surface area contributed by atoms with Gasteiger partial charge in [0.05, 0.1) is 0 Å². The summed E-state index contributed by atoms with van der Waals surface area (Å²) in [5, 5.41) is 1.63. The summed E-state index contributed by atoms with van der Waals surface area (Å²) in [6, 6.07) is 4.02. The first-order valence-corrected chi connectivity index (χ1v) is 4.56. The van der Waals surface area contributed by atoms with Gasteiger partial charge in [0.15, 0.2) is 0 Å². The molecule has 1 rings (SSSR count). The third-order valence-electron chi connectivity index (χ3n) is 1.40. The number of hydrogen-bond acceptors (Lipinski definition) is 3. The lowest BCUT2D eigenvalue weighted by Gasteiger charge is -2.08. The molecule has 0 aliphatic rings. The first-order valence-electron chi connectivity index (χ1n) is 4.56. The smallest absolute Gasteiger partial charge is 0.0391 e. The van der Waals surface area contributed by atoms with Crippen molar-refractivity contribution in [2.75, 3.05) is 7.05 Å². The maximum atomic E-state index is 5.47. The number of aromatic nitrogens is 1. The average molecular weight is 181 g/mol. The molecule has 1 aromatic rings. The summed E-state index contributed by atoms with van der Waals surface area (Å²) in [5.74, 6) is 5.47. The molecular weight excluding hydrogens is 162 g/mol. The van der Waals surface area contributed by atoms with Gasteiger partial charge in [-0.3, -0.25) is 10.8 Å². The first kappa shape index (κ1) is 12.1. The van der Waals surface area contributed by atoms with Crippen LogP contribution in [0.25, 0.3) is 0 Å². The molecule has 0 aliphatic heterocycles. The zero-order valence-electron chi connectivity index (χ0n) is 8.91. The van der Waals surface area contributed by atoms with Crippen molar-refractivity contribution in [3.05, 3.63) is 29.6 Å². The van der Waals surface area contributed by atoms with Gasteiger partial charge in [-0.2, -0.15) is 0 Å². The van der Waals surface area contributed by atoms with Crippen LogP contribution < -0.4 is 5.84 Å². The van der Waals surface area contributed by atoms with E-state index in [9.17, 15) is 0 Å². The predicted molar refractivity (Wildman–Crippen MR) is 56.0 cm³/mol. The largest absolute Gasteiger partial charge is 0.269 e. The quantitative estimate of drug-likeness (QED) is 0.558. The van der Waals surface area contributed by atoms with Gasteiger partial charge < -0.3 is 0 Å². The monoisotopic (exact) mass is 181 g/mol. The van der Waals surface area contributed by atoms with Crippen molar-refractivity contribution in [3.8, 4) is 0 Å². The van der Waals surface area contributed by atoms with E-state index in [1.54, 1.807) is 5.01 Å². The van der Waals surface area contributed by atoms with Crippen molar-refractivity contribution in [1.82, 2.24) is 9.99 Å². The van der Waals surface area contributed by atoms with Gasteiger partial charge >= 0.3 is 0 Å². The van der Waals surface area contributed by atoms with Crippen molar-refractivity contribution in [2.45, 2.75) is 27.3 Å². The minimum absolute atomic E-state index is 0.743. The Morgan fingerprint density at radius 3 is 2.38 bits per heavy atom. The molecule has 1 aromatic heterocycles. The zero-order valence-corrected chi connectivity index (χ0v) is 8.91. The summed E-state index contributed by atoms with van der Waals surface area (Å²) in [6.07, 6.45) is 1.85. The molecule has 0 saturated carbocycles. The maximum absolute atomic E-state index is 5.47. The van der Waals surface area contributed by atoms with Crippen LogP contribution in [0.1, 0.15) is 25.1 Å². The number of nitrogens with zero attached hydrogens (tertiary/aromatic N) is 2. The molecule has 0 aromatic carbocycles. The van der Waals surface area contributed by atoms with Crippen LogP contribution in [0.3, 0.4) is 0 Å². The van der Waals surface area contributed by atoms with E-state index in [4.69, 9.17) is 5.84 Å². The number of rotatable bonds is 2. The second-order valence-electron chi connectivity index (χ2n) is 2.72. The van der Waals surface area contributed by atoms with Crippen LogP contribution in [0.2, 0.25) is 0 Å². The van der Waals surface area contributed by atoms with E-state index in [1.807, 2.05) is 46.1 Å². The molecular formula is C10H19N3. The fourth-order valence-electron chi connectivity index (χ4n) is 0.880. The van der Waals surface area contributed by atoms with Gasteiger partial charge in [-0.25, -0.2) is 5.01 Å². The summed E-state index contributed by atoms with van der Waals surface area (Å²) in [6.45, 7) is 6.71. The molecule has 0 radical (unpaired) electrons. The van der Waals surface area contributed by atoms with E-state index in [-0.39, 0.29) is 0 Å². The van der Waals surface area contributed by atoms with Crippen LogP contribution in [-0.2, 0) is 6.54 Å². The molecule has 2 N–H and O–H groups in total. The van der Waals surface area contributed by atoms with E-state index >= 15 is 0 Å². The highest BCUT2D eigenvalue weighted by molar-refractivity contribution is 5.12. The van der Waals surface area contributed by atoms with Gasteiger partial charge in [-0.1, -0.05) is 19.9 Å². The van der Waals surface area contributed by atoms with Crippen molar-refractivity contribution < 1.29 is 0 Å². The Kier molecular flexibility index (Phi) is 6.10. The summed E-state index contributed by atoms with van der Waals surface area (Å²) >= 11 is 0. The summed E-state index contributed by atoms with van der Waals surface area (Å²) < 4.78 is 0. The number of hydrazine groups is 1. The van der Waals surface area contributed by atoms with Gasteiger partial charge in [0.2, 0.25) is 0 Å². The summed E-state index contributed by atoms with van der Waals surface area (Å²) in [7, 11) is 1.83. The fourth-order valence-corrected chi connectivity index (χ4v) is 0.880. The van der Waals surface area contributed by atoms with Crippen molar-refractivity contribution in [2.24, 2.45) is 5.84 Å².